The van der Waals surface area contributed by atoms with Crippen molar-refractivity contribution in [3.05, 3.63) is 52.8 Å². The summed E-state index contributed by atoms with van der Waals surface area (Å²) in [4.78, 5) is 19.9. The fraction of sp³-hybridized carbons (Fsp3) is 0.429. The van der Waals surface area contributed by atoms with E-state index in [0.717, 1.165) is 34.3 Å². The largest absolute Gasteiger partial charge is 0.377 e. The van der Waals surface area contributed by atoms with Crippen LogP contribution in [0.1, 0.15) is 35.3 Å². The molecule has 150 valence electrons. The fourth-order valence-electron chi connectivity index (χ4n) is 3.23. The minimum Gasteiger partial charge on any atom is -0.377 e. The van der Waals surface area contributed by atoms with Gasteiger partial charge in [0.05, 0.1) is 24.8 Å². The van der Waals surface area contributed by atoms with Crippen molar-refractivity contribution in [2.75, 3.05) is 30.4 Å². The number of hydrogen-bond donors (Lipinski definition) is 1. The number of thioether (sulfide) groups is 1. The number of morpholine rings is 1. The number of nitrogens with zero attached hydrogens (tertiary/aromatic N) is 2. The van der Waals surface area contributed by atoms with E-state index in [1.807, 2.05) is 19.9 Å². The Hall–Kier alpha value is -2.12. The lowest BCUT2D eigenvalue weighted by Crippen LogP contribution is -2.44. The summed E-state index contributed by atoms with van der Waals surface area (Å²) >= 11 is 1.57. The fourth-order valence-corrected chi connectivity index (χ4v) is 4.06. The number of amides is 1. The third-order valence-electron chi connectivity index (χ3n) is 4.71. The smallest absolute Gasteiger partial charge is 0.254 e. The summed E-state index contributed by atoms with van der Waals surface area (Å²) in [6.45, 7) is 8.61. The Kier molecular flexibility index (Phi) is 6.91. The minimum atomic E-state index is -0.287. The zero-order valence-electron chi connectivity index (χ0n) is 16.5. The van der Waals surface area contributed by atoms with Crippen molar-refractivity contribution in [1.82, 2.24) is 10.3 Å². The van der Waals surface area contributed by atoms with E-state index in [1.165, 1.54) is 12.1 Å². The Labute approximate surface area is 169 Å². The van der Waals surface area contributed by atoms with Crippen molar-refractivity contribution in [3.8, 4) is 0 Å². The number of ether oxygens (including phenoxy) is 1. The second-order valence-corrected chi connectivity index (χ2v) is 8.09. The normalized spacial score (nSPS) is 16.9. The van der Waals surface area contributed by atoms with Crippen LogP contribution in [0.15, 0.2) is 35.4 Å². The lowest BCUT2D eigenvalue weighted by atomic mass is 10.1. The zero-order chi connectivity index (χ0) is 20.1. The maximum Gasteiger partial charge on any atom is 0.254 e. The molecule has 28 heavy (non-hydrogen) atoms. The molecule has 2 heterocycles. The monoisotopic (exact) mass is 403 g/mol. The van der Waals surface area contributed by atoms with Crippen LogP contribution in [0.2, 0.25) is 0 Å². The molecule has 1 N–H and O–H groups in total. The highest BCUT2D eigenvalue weighted by Gasteiger charge is 2.24. The summed E-state index contributed by atoms with van der Waals surface area (Å²) in [5.74, 6) is 1.27. The summed E-state index contributed by atoms with van der Waals surface area (Å²) in [5, 5.41) is 3.68. The second kappa shape index (κ2) is 9.39. The Bertz CT molecular complexity index is 829. The van der Waals surface area contributed by atoms with Crippen LogP contribution in [0.5, 0.6) is 0 Å². The van der Waals surface area contributed by atoms with E-state index in [2.05, 4.69) is 17.1 Å². The lowest BCUT2D eigenvalue weighted by molar-refractivity contribution is 0.0945. The van der Waals surface area contributed by atoms with Crippen molar-refractivity contribution in [2.45, 2.75) is 38.4 Å². The van der Waals surface area contributed by atoms with Crippen LogP contribution in [0.25, 0.3) is 0 Å². The maximum absolute atomic E-state index is 13.0. The van der Waals surface area contributed by atoms with Gasteiger partial charge < -0.3 is 15.0 Å². The number of aromatic nitrogens is 1. The molecule has 0 aliphatic carbocycles. The topological polar surface area (TPSA) is 54.5 Å². The zero-order valence-corrected chi connectivity index (χ0v) is 17.3. The number of benzene rings is 1. The minimum absolute atomic E-state index is 0.160. The number of halogens is 1. The number of hydrogen-bond acceptors (Lipinski definition) is 5. The number of carbonyl (C=O) groups is 1. The van der Waals surface area contributed by atoms with Gasteiger partial charge in [0.15, 0.2) is 0 Å². The Morgan fingerprint density at radius 3 is 2.82 bits per heavy atom. The molecule has 1 aliphatic heterocycles. The van der Waals surface area contributed by atoms with Crippen LogP contribution in [-0.2, 0) is 11.3 Å². The van der Waals surface area contributed by atoms with Crippen LogP contribution in [0.3, 0.4) is 0 Å². The van der Waals surface area contributed by atoms with Gasteiger partial charge in [-0.05, 0) is 48.9 Å². The number of aryl methyl sites for hydroxylation is 1. The Morgan fingerprint density at radius 2 is 2.14 bits per heavy atom. The Morgan fingerprint density at radius 1 is 1.39 bits per heavy atom. The van der Waals surface area contributed by atoms with E-state index in [4.69, 9.17) is 9.72 Å². The molecular weight excluding hydrogens is 377 g/mol. The van der Waals surface area contributed by atoms with Crippen molar-refractivity contribution in [1.29, 1.82) is 0 Å². The van der Waals surface area contributed by atoms with Crippen LogP contribution >= 0.6 is 11.8 Å². The molecule has 1 fully saturated rings. The number of nitrogens with one attached hydrogen (secondary N) is 1. The van der Waals surface area contributed by atoms with Gasteiger partial charge in [0.1, 0.15) is 16.7 Å². The molecule has 0 radical (unpaired) electrons. The quantitative estimate of drug-likeness (QED) is 0.744. The van der Waals surface area contributed by atoms with Crippen LogP contribution < -0.4 is 10.2 Å². The van der Waals surface area contributed by atoms with Crippen molar-refractivity contribution in [2.24, 2.45) is 0 Å². The van der Waals surface area contributed by atoms with E-state index >= 15 is 0 Å². The average Bonchev–Trinajstić information content (AvgIpc) is 2.67. The van der Waals surface area contributed by atoms with Gasteiger partial charge >= 0.3 is 0 Å². The van der Waals surface area contributed by atoms with Crippen molar-refractivity contribution < 1.29 is 13.9 Å². The van der Waals surface area contributed by atoms with Crippen LogP contribution in [-0.4, -0.2) is 42.4 Å². The predicted molar refractivity (Wildman–Crippen MR) is 111 cm³/mol. The Balaban J connectivity index is 1.82. The van der Waals surface area contributed by atoms with Crippen LogP contribution in [0, 0.1) is 12.7 Å². The number of carbonyl (C=O) groups excluding carboxylic acids is 1. The molecule has 0 unspecified atom stereocenters. The van der Waals surface area contributed by atoms with E-state index in [-0.39, 0.29) is 17.8 Å². The van der Waals surface area contributed by atoms with Gasteiger partial charge in [-0.15, -0.1) is 11.8 Å². The van der Waals surface area contributed by atoms with Gasteiger partial charge in [0.25, 0.3) is 5.91 Å². The first-order chi connectivity index (χ1) is 13.5. The molecule has 1 atom stereocenters. The van der Waals surface area contributed by atoms with E-state index in [1.54, 1.807) is 23.9 Å². The molecule has 5 nitrogen and oxygen atoms in total. The standard InChI is InChI=1S/C21H26FN3O2S/c1-4-28-21-19(20(26)23-12-16-5-7-17(22)8-6-16)14(2)11-18(24-21)25-9-10-27-13-15(25)3/h5-8,11,15H,4,9-10,12-13H2,1-3H3,(H,23,26)/t15-/m1/s1. The molecular formula is C21H26FN3O2S. The van der Waals surface area contributed by atoms with Crippen LogP contribution in [0.4, 0.5) is 10.2 Å². The number of rotatable bonds is 6. The predicted octanol–water partition coefficient (Wildman–Crippen LogP) is 3.80. The molecule has 0 saturated carbocycles. The SMILES string of the molecule is CCSc1nc(N2CCOC[C@H]2C)cc(C)c1C(=O)NCc1ccc(F)cc1. The summed E-state index contributed by atoms with van der Waals surface area (Å²) in [5.41, 5.74) is 2.36. The van der Waals surface area contributed by atoms with E-state index in [0.29, 0.717) is 25.3 Å². The molecule has 0 bridgehead atoms. The molecule has 3 rings (SSSR count). The van der Waals surface area contributed by atoms with Crippen molar-refractivity contribution >= 4 is 23.5 Å². The second-order valence-electron chi connectivity index (χ2n) is 6.84. The third-order valence-corrected chi connectivity index (χ3v) is 5.56. The third kappa shape index (κ3) is 4.83. The highest BCUT2D eigenvalue weighted by molar-refractivity contribution is 7.99. The van der Waals surface area contributed by atoms with Gasteiger partial charge in [-0.1, -0.05) is 19.1 Å². The molecule has 1 amide bonds. The summed E-state index contributed by atoms with van der Waals surface area (Å²) in [6, 6.07) is 8.36. The summed E-state index contributed by atoms with van der Waals surface area (Å²) in [6.07, 6.45) is 0. The van der Waals surface area contributed by atoms with Crippen molar-refractivity contribution in [3.63, 3.8) is 0 Å². The molecule has 1 aromatic heterocycles. The average molecular weight is 404 g/mol. The molecule has 1 aromatic carbocycles. The summed E-state index contributed by atoms with van der Waals surface area (Å²) < 4.78 is 18.6. The first kappa shape index (κ1) is 20.6. The molecule has 0 spiro atoms. The maximum atomic E-state index is 13.0. The number of anilines is 1. The summed E-state index contributed by atoms with van der Waals surface area (Å²) in [7, 11) is 0. The van der Waals surface area contributed by atoms with E-state index < -0.39 is 0 Å². The molecule has 2 aromatic rings. The van der Waals surface area contributed by atoms with Gasteiger partial charge in [-0.3, -0.25) is 4.79 Å². The highest BCUT2D eigenvalue weighted by Crippen LogP contribution is 2.29. The van der Waals surface area contributed by atoms with Gasteiger partial charge in [0, 0.05) is 13.1 Å². The van der Waals surface area contributed by atoms with Gasteiger partial charge in [-0.2, -0.15) is 0 Å². The van der Waals surface area contributed by atoms with E-state index in [9.17, 15) is 9.18 Å². The first-order valence-corrected chi connectivity index (χ1v) is 10.5. The molecule has 7 heteroatoms. The highest BCUT2D eigenvalue weighted by atomic mass is 32.2. The molecule has 1 saturated heterocycles. The number of pyridine rings is 1. The van der Waals surface area contributed by atoms with Gasteiger partial charge in [0.2, 0.25) is 0 Å². The molecule has 1 aliphatic rings. The first-order valence-electron chi connectivity index (χ1n) is 9.51. The lowest BCUT2D eigenvalue weighted by Gasteiger charge is -2.34. The van der Waals surface area contributed by atoms with Gasteiger partial charge in [-0.25, -0.2) is 9.37 Å².